The topological polar surface area (TPSA) is 137 Å². The van der Waals surface area contributed by atoms with E-state index in [1.54, 1.807) is 15.6 Å². The van der Waals surface area contributed by atoms with Crippen LogP contribution in [0.25, 0.3) is 32.5 Å². The number of rotatable bonds is 10. The van der Waals surface area contributed by atoms with Gasteiger partial charge in [0.2, 0.25) is 15.9 Å². The van der Waals surface area contributed by atoms with Crippen molar-refractivity contribution >= 4 is 54.2 Å². The van der Waals surface area contributed by atoms with Crippen LogP contribution < -0.4 is 10.2 Å². The van der Waals surface area contributed by atoms with Gasteiger partial charge in [0.15, 0.2) is 11.6 Å². The zero-order valence-electron chi connectivity index (χ0n) is 23.3. The molecule has 14 heteroatoms. The second-order valence-corrected chi connectivity index (χ2v) is 13.6. The third-order valence-electron chi connectivity index (χ3n) is 7.61. The summed E-state index contributed by atoms with van der Waals surface area (Å²) >= 11 is 1.70. The lowest BCUT2D eigenvalue weighted by molar-refractivity contribution is -0.116. The summed E-state index contributed by atoms with van der Waals surface area (Å²) in [5, 5.41) is 10.8. The number of nitrogens with zero attached hydrogens (tertiary/aromatic N) is 6. The maximum Gasteiger partial charge on any atom is 0.243 e. The standard InChI is InChI=1S/C28H34N8O4S2/c1-2-25(37)29-7-4-16-42(38,39)36-10-8-34(9-11-36)19-20-17-24-26(41-20)28(35-12-14-40-15-13-35)32-27(31-24)21-5-3-6-23-22(21)18-30-33-23/h2-3,5-6,17-18H,1,4,7-16,19H2,(H,29,37)(H,30,33). The molecule has 6 rings (SSSR count). The second kappa shape index (κ2) is 12.4. The summed E-state index contributed by atoms with van der Waals surface area (Å²) < 4.78 is 33.9. The first-order valence-electron chi connectivity index (χ1n) is 14.1. The zero-order chi connectivity index (χ0) is 29.1. The Labute approximate surface area is 248 Å². The molecule has 2 aliphatic heterocycles. The lowest BCUT2D eigenvalue weighted by Gasteiger charge is -2.33. The molecule has 12 nitrogen and oxygen atoms in total. The van der Waals surface area contributed by atoms with Crippen molar-refractivity contribution in [1.29, 1.82) is 0 Å². The first-order valence-corrected chi connectivity index (χ1v) is 16.5. The minimum absolute atomic E-state index is 0.0125. The van der Waals surface area contributed by atoms with Gasteiger partial charge in [0.05, 0.1) is 40.9 Å². The van der Waals surface area contributed by atoms with E-state index in [-0.39, 0.29) is 11.7 Å². The van der Waals surface area contributed by atoms with E-state index in [4.69, 9.17) is 14.7 Å². The van der Waals surface area contributed by atoms with E-state index in [1.807, 2.05) is 24.4 Å². The summed E-state index contributed by atoms with van der Waals surface area (Å²) in [5.41, 5.74) is 2.79. The highest BCUT2D eigenvalue weighted by Gasteiger charge is 2.27. The fraction of sp³-hybridized carbons (Fsp3) is 0.429. The van der Waals surface area contributed by atoms with Gasteiger partial charge >= 0.3 is 0 Å². The van der Waals surface area contributed by atoms with E-state index in [9.17, 15) is 13.2 Å². The molecular weight excluding hydrogens is 576 g/mol. The maximum atomic E-state index is 12.8. The number of aromatic nitrogens is 4. The zero-order valence-corrected chi connectivity index (χ0v) is 24.9. The highest BCUT2D eigenvalue weighted by Crippen LogP contribution is 2.36. The number of sulfonamides is 1. The summed E-state index contributed by atoms with van der Waals surface area (Å²) in [5.74, 6) is 1.31. The lowest BCUT2D eigenvalue weighted by atomic mass is 10.1. The normalized spacial score (nSPS) is 17.2. The summed E-state index contributed by atoms with van der Waals surface area (Å²) in [6, 6.07) is 8.15. The number of benzene rings is 1. The quantitative estimate of drug-likeness (QED) is 0.205. The van der Waals surface area contributed by atoms with E-state index in [0.29, 0.717) is 58.2 Å². The number of aromatic amines is 1. The van der Waals surface area contributed by atoms with Gasteiger partial charge in [-0.05, 0) is 24.6 Å². The summed E-state index contributed by atoms with van der Waals surface area (Å²) in [6.45, 7) is 9.49. The third kappa shape index (κ3) is 6.17. The Balaban J connectivity index is 1.18. The van der Waals surface area contributed by atoms with E-state index in [0.717, 1.165) is 52.1 Å². The van der Waals surface area contributed by atoms with Gasteiger partial charge in [0.1, 0.15) is 0 Å². The molecule has 222 valence electrons. The largest absolute Gasteiger partial charge is 0.378 e. The number of morpholine rings is 1. The fourth-order valence-electron chi connectivity index (χ4n) is 5.37. The molecule has 42 heavy (non-hydrogen) atoms. The van der Waals surface area contributed by atoms with Crippen molar-refractivity contribution in [3.8, 4) is 11.4 Å². The van der Waals surface area contributed by atoms with Crippen molar-refractivity contribution in [3.63, 3.8) is 0 Å². The molecule has 0 unspecified atom stereocenters. The van der Waals surface area contributed by atoms with E-state index < -0.39 is 10.0 Å². The molecule has 2 saturated heterocycles. The molecule has 0 bridgehead atoms. The number of hydrogen-bond acceptors (Lipinski definition) is 10. The van der Waals surface area contributed by atoms with Crippen LogP contribution in [0.1, 0.15) is 11.3 Å². The SMILES string of the molecule is C=CC(=O)NCCCS(=O)(=O)N1CCN(Cc2cc3nc(-c4cccc5[nH]ncc45)nc(N4CCOCC4)c3s2)CC1. The number of fused-ring (bicyclic) bond motifs is 2. The Morgan fingerprint density at radius 2 is 1.95 bits per heavy atom. The molecule has 0 saturated carbocycles. The van der Waals surface area contributed by atoms with Crippen LogP contribution in [0.5, 0.6) is 0 Å². The van der Waals surface area contributed by atoms with Crippen LogP contribution in [0, 0.1) is 0 Å². The molecule has 0 spiro atoms. The molecule has 1 amide bonds. The molecule has 2 N–H and O–H groups in total. The van der Waals surface area contributed by atoms with Gasteiger partial charge in [-0.2, -0.15) is 9.40 Å². The number of carbonyl (C=O) groups excluding carboxylic acids is 1. The molecule has 4 aromatic rings. The van der Waals surface area contributed by atoms with Gasteiger partial charge in [-0.1, -0.05) is 18.7 Å². The number of nitrogens with one attached hydrogen (secondary N) is 2. The molecule has 0 radical (unpaired) electrons. The number of ether oxygens (including phenoxy) is 1. The van der Waals surface area contributed by atoms with E-state index >= 15 is 0 Å². The minimum Gasteiger partial charge on any atom is -0.378 e. The third-order valence-corrected chi connectivity index (χ3v) is 10.7. The van der Waals surface area contributed by atoms with Crippen LogP contribution in [0.3, 0.4) is 0 Å². The van der Waals surface area contributed by atoms with Crippen molar-refractivity contribution in [2.75, 3.05) is 69.7 Å². The van der Waals surface area contributed by atoms with Crippen molar-refractivity contribution in [2.45, 2.75) is 13.0 Å². The van der Waals surface area contributed by atoms with Crippen molar-refractivity contribution in [3.05, 3.63) is 48.0 Å². The van der Waals surface area contributed by atoms with Gasteiger partial charge in [0.25, 0.3) is 0 Å². The number of amides is 1. The number of hydrogen-bond donors (Lipinski definition) is 2. The molecule has 5 heterocycles. The monoisotopic (exact) mass is 610 g/mol. The predicted molar refractivity (Wildman–Crippen MR) is 164 cm³/mol. The van der Waals surface area contributed by atoms with Crippen molar-refractivity contribution < 1.29 is 17.9 Å². The van der Waals surface area contributed by atoms with Gasteiger partial charge < -0.3 is 15.0 Å². The second-order valence-electron chi connectivity index (χ2n) is 10.4. The van der Waals surface area contributed by atoms with Crippen LogP contribution in [0.4, 0.5) is 5.82 Å². The summed E-state index contributed by atoms with van der Waals surface area (Å²) in [4.78, 5) is 27.1. The molecule has 2 aliphatic rings. The molecule has 2 fully saturated rings. The Morgan fingerprint density at radius 3 is 2.74 bits per heavy atom. The number of carbonyl (C=O) groups is 1. The van der Waals surface area contributed by atoms with E-state index in [1.165, 1.54) is 11.0 Å². The Bertz CT molecular complexity index is 1690. The van der Waals surface area contributed by atoms with Crippen LogP contribution in [-0.2, 0) is 26.1 Å². The Kier molecular flexibility index (Phi) is 8.49. The highest BCUT2D eigenvalue weighted by molar-refractivity contribution is 7.89. The maximum absolute atomic E-state index is 12.8. The first-order chi connectivity index (χ1) is 20.4. The molecular formula is C28H34N8O4S2. The molecule has 3 aromatic heterocycles. The predicted octanol–water partition coefficient (Wildman–Crippen LogP) is 2.21. The van der Waals surface area contributed by atoms with Crippen molar-refractivity contribution in [2.24, 2.45) is 0 Å². The lowest BCUT2D eigenvalue weighted by Crippen LogP contribution is -2.48. The number of thiophene rings is 1. The van der Waals surface area contributed by atoms with Gasteiger partial charge in [-0.25, -0.2) is 18.4 Å². The van der Waals surface area contributed by atoms with Crippen LogP contribution in [-0.4, -0.2) is 108 Å². The smallest absolute Gasteiger partial charge is 0.243 e. The number of piperazine rings is 1. The van der Waals surface area contributed by atoms with Gasteiger partial charge in [-0.15, -0.1) is 11.3 Å². The minimum atomic E-state index is -3.37. The van der Waals surface area contributed by atoms with Crippen LogP contribution in [0.15, 0.2) is 43.1 Å². The molecule has 0 aliphatic carbocycles. The number of anilines is 1. The summed E-state index contributed by atoms with van der Waals surface area (Å²) in [6.07, 6.45) is 3.36. The van der Waals surface area contributed by atoms with E-state index in [2.05, 4.69) is 38.0 Å². The Hall–Kier alpha value is -3.43. The molecule has 0 atom stereocenters. The fourth-order valence-corrected chi connectivity index (χ4v) is 8.01. The van der Waals surface area contributed by atoms with Crippen LogP contribution >= 0.6 is 11.3 Å². The highest BCUT2D eigenvalue weighted by atomic mass is 32.2. The number of H-pyrrole nitrogens is 1. The molecule has 1 aromatic carbocycles. The first kappa shape index (κ1) is 28.7. The van der Waals surface area contributed by atoms with Gasteiger partial charge in [0, 0.05) is 68.2 Å². The average Bonchev–Trinajstić information content (AvgIpc) is 3.66. The van der Waals surface area contributed by atoms with Gasteiger partial charge in [-0.3, -0.25) is 14.8 Å². The van der Waals surface area contributed by atoms with Crippen LogP contribution in [0.2, 0.25) is 0 Å². The van der Waals surface area contributed by atoms with Crippen molar-refractivity contribution in [1.82, 2.24) is 34.7 Å². The summed E-state index contributed by atoms with van der Waals surface area (Å²) in [7, 11) is -3.37. The average molecular weight is 611 g/mol. The Morgan fingerprint density at radius 1 is 1.14 bits per heavy atom.